The highest BCUT2D eigenvalue weighted by Crippen LogP contribution is 2.28. The van der Waals surface area contributed by atoms with Gasteiger partial charge in [-0.15, -0.1) is 0 Å². The molecule has 0 spiro atoms. The van der Waals surface area contributed by atoms with Crippen LogP contribution in [0.2, 0.25) is 0 Å². The molecule has 0 saturated heterocycles. The fourth-order valence-corrected chi connectivity index (χ4v) is 2.75. The number of ether oxygens (including phenoxy) is 1. The van der Waals surface area contributed by atoms with Crippen LogP contribution < -0.4 is 4.90 Å². The Morgan fingerprint density at radius 3 is 2.29 bits per heavy atom. The quantitative estimate of drug-likeness (QED) is 0.627. The molecule has 2 aromatic rings. The summed E-state index contributed by atoms with van der Waals surface area (Å²) in [4.78, 5) is 37.7. The minimum Gasteiger partial charge on any atom is -0.466 e. The van der Waals surface area contributed by atoms with Crippen LogP contribution in [0.15, 0.2) is 48.5 Å². The van der Waals surface area contributed by atoms with Gasteiger partial charge in [0.25, 0.3) is 11.8 Å². The number of hydrogen-bond donors (Lipinski definition) is 0. The molecule has 5 nitrogen and oxygen atoms in total. The fourth-order valence-electron chi connectivity index (χ4n) is 2.75. The van der Waals surface area contributed by atoms with Gasteiger partial charge in [0.05, 0.1) is 23.4 Å². The lowest BCUT2D eigenvalue weighted by molar-refractivity contribution is -0.143. The third kappa shape index (κ3) is 2.93. The predicted octanol–water partition coefficient (Wildman–Crippen LogP) is 2.98. The van der Waals surface area contributed by atoms with Crippen LogP contribution in [0.4, 0.5) is 5.69 Å². The molecular weight excluding hydrogens is 306 g/mol. The molecule has 0 unspecified atom stereocenters. The van der Waals surface area contributed by atoms with Crippen molar-refractivity contribution in [1.29, 1.82) is 0 Å². The molecule has 0 atom stereocenters. The Morgan fingerprint density at radius 1 is 1.00 bits per heavy atom. The van der Waals surface area contributed by atoms with E-state index in [-0.39, 0.29) is 24.2 Å². The Balaban J connectivity index is 1.81. The number of benzene rings is 2. The van der Waals surface area contributed by atoms with E-state index in [0.29, 0.717) is 29.8 Å². The zero-order valence-electron chi connectivity index (χ0n) is 13.3. The number of nitrogens with zero attached hydrogens (tertiary/aromatic N) is 1. The van der Waals surface area contributed by atoms with Crippen molar-refractivity contribution >= 4 is 23.5 Å². The topological polar surface area (TPSA) is 63.7 Å². The molecule has 3 rings (SSSR count). The molecule has 0 radical (unpaired) electrons. The minimum absolute atomic E-state index is 0.261. The first-order chi connectivity index (χ1) is 11.6. The average molecular weight is 323 g/mol. The highest BCUT2D eigenvalue weighted by atomic mass is 16.5. The number of amides is 2. The van der Waals surface area contributed by atoms with Gasteiger partial charge < -0.3 is 4.74 Å². The zero-order chi connectivity index (χ0) is 17.1. The minimum atomic E-state index is -0.321. The van der Waals surface area contributed by atoms with Crippen molar-refractivity contribution in [2.75, 3.05) is 11.5 Å². The van der Waals surface area contributed by atoms with Gasteiger partial charge in [0.15, 0.2) is 0 Å². The normalized spacial score (nSPS) is 13.1. The number of esters is 1. The number of anilines is 1. The molecule has 0 N–H and O–H groups in total. The summed E-state index contributed by atoms with van der Waals surface area (Å²) >= 11 is 0. The van der Waals surface area contributed by atoms with E-state index in [0.717, 1.165) is 5.56 Å². The monoisotopic (exact) mass is 323 g/mol. The van der Waals surface area contributed by atoms with E-state index in [1.807, 2.05) is 6.07 Å². The molecule has 1 aliphatic heterocycles. The van der Waals surface area contributed by atoms with Crippen molar-refractivity contribution in [2.45, 2.75) is 19.8 Å². The summed E-state index contributed by atoms with van der Waals surface area (Å²) in [5, 5.41) is 0. The molecule has 0 aliphatic carbocycles. The van der Waals surface area contributed by atoms with Crippen LogP contribution in [0, 0.1) is 0 Å². The Bertz CT molecular complexity index is 778. The maximum Gasteiger partial charge on any atom is 0.306 e. The molecule has 2 aromatic carbocycles. The summed E-state index contributed by atoms with van der Waals surface area (Å²) in [6, 6.07) is 13.9. The van der Waals surface area contributed by atoms with Gasteiger partial charge in [-0.25, -0.2) is 4.90 Å². The molecule has 0 bridgehead atoms. The zero-order valence-corrected chi connectivity index (χ0v) is 13.3. The van der Waals surface area contributed by atoms with Crippen molar-refractivity contribution in [3.05, 3.63) is 65.2 Å². The third-order valence-corrected chi connectivity index (χ3v) is 3.89. The lowest BCUT2D eigenvalue weighted by Gasteiger charge is -2.15. The molecule has 1 aliphatic rings. The lowest BCUT2D eigenvalue weighted by atomic mass is 10.1. The maximum absolute atomic E-state index is 12.5. The van der Waals surface area contributed by atoms with E-state index in [2.05, 4.69) is 0 Å². The van der Waals surface area contributed by atoms with Crippen LogP contribution in [0.25, 0.3) is 0 Å². The number of carbonyl (C=O) groups is 3. The van der Waals surface area contributed by atoms with E-state index in [4.69, 9.17) is 4.74 Å². The van der Waals surface area contributed by atoms with E-state index in [1.165, 1.54) is 4.90 Å². The third-order valence-electron chi connectivity index (χ3n) is 3.89. The lowest BCUT2D eigenvalue weighted by Crippen LogP contribution is -2.29. The number of rotatable bonds is 5. The van der Waals surface area contributed by atoms with Gasteiger partial charge in [-0.3, -0.25) is 14.4 Å². The maximum atomic E-state index is 12.5. The number of hydrogen-bond acceptors (Lipinski definition) is 4. The summed E-state index contributed by atoms with van der Waals surface area (Å²) in [6.07, 6.45) is 0.759. The second kappa shape index (κ2) is 6.66. The predicted molar refractivity (Wildman–Crippen MR) is 89.0 cm³/mol. The van der Waals surface area contributed by atoms with Crippen molar-refractivity contribution in [2.24, 2.45) is 0 Å². The summed E-state index contributed by atoms with van der Waals surface area (Å²) in [5.41, 5.74) is 2.22. The standard InChI is InChI=1S/C19H17NO4/c1-2-24-17(21)11-10-13-6-5-7-14(12-13)20-18(22)15-8-3-4-9-16(15)19(20)23/h3-9,12H,2,10-11H2,1H3. The van der Waals surface area contributed by atoms with Gasteiger partial charge in [-0.05, 0) is 43.2 Å². The highest BCUT2D eigenvalue weighted by Gasteiger charge is 2.36. The molecular formula is C19H17NO4. The van der Waals surface area contributed by atoms with Crippen molar-refractivity contribution < 1.29 is 19.1 Å². The number of aryl methyl sites for hydroxylation is 1. The van der Waals surface area contributed by atoms with E-state index in [9.17, 15) is 14.4 Å². The summed E-state index contributed by atoms with van der Waals surface area (Å²) in [5.74, 6) is -0.903. The smallest absolute Gasteiger partial charge is 0.306 e. The van der Waals surface area contributed by atoms with Gasteiger partial charge >= 0.3 is 5.97 Å². The molecule has 2 amide bonds. The largest absolute Gasteiger partial charge is 0.466 e. The SMILES string of the molecule is CCOC(=O)CCc1cccc(N2C(=O)c3ccccc3C2=O)c1. The average Bonchev–Trinajstić information content (AvgIpc) is 2.85. The van der Waals surface area contributed by atoms with Gasteiger partial charge in [-0.1, -0.05) is 24.3 Å². The van der Waals surface area contributed by atoms with Crippen LogP contribution in [-0.4, -0.2) is 24.4 Å². The Labute approximate surface area is 139 Å². The highest BCUT2D eigenvalue weighted by molar-refractivity contribution is 6.34. The summed E-state index contributed by atoms with van der Waals surface area (Å²) < 4.78 is 4.91. The van der Waals surface area contributed by atoms with Crippen molar-refractivity contribution in [3.8, 4) is 0 Å². The second-order valence-electron chi connectivity index (χ2n) is 5.47. The Morgan fingerprint density at radius 2 is 1.67 bits per heavy atom. The van der Waals surface area contributed by atoms with Gasteiger partial charge in [0.1, 0.15) is 0 Å². The summed E-state index contributed by atoms with van der Waals surface area (Å²) in [7, 11) is 0. The van der Waals surface area contributed by atoms with E-state index >= 15 is 0 Å². The molecule has 24 heavy (non-hydrogen) atoms. The number of fused-ring (bicyclic) bond motifs is 1. The molecule has 5 heteroatoms. The number of imide groups is 1. The summed E-state index contributed by atoms with van der Waals surface area (Å²) in [6.45, 7) is 2.12. The second-order valence-corrected chi connectivity index (χ2v) is 5.47. The first-order valence-corrected chi connectivity index (χ1v) is 7.84. The first-order valence-electron chi connectivity index (χ1n) is 7.84. The van der Waals surface area contributed by atoms with Crippen LogP contribution >= 0.6 is 0 Å². The van der Waals surface area contributed by atoms with E-state index < -0.39 is 0 Å². The van der Waals surface area contributed by atoms with Gasteiger partial charge in [0, 0.05) is 6.42 Å². The molecule has 0 saturated carbocycles. The molecule has 1 heterocycles. The first kappa shape index (κ1) is 15.9. The Hall–Kier alpha value is -2.95. The molecule has 0 fully saturated rings. The van der Waals surface area contributed by atoms with Crippen LogP contribution in [-0.2, 0) is 16.0 Å². The number of carbonyl (C=O) groups excluding carboxylic acids is 3. The Kier molecular flexibility index (Phi) is 4.42. The van der Waals surface area contributed by atoms with Crippen LogP contribution in [0.1, 0.15) is 39.6 Å². The van der Waals surface area contributed by atoms with Gasteiger partial charge in [-0.2, -0.15) is 0 Å². The van der Waals surface area contributed by atoms with Crippen LogP contribution in [0.3, 0.4) is 0 Å². The van der Waals surface area contributed by atoms with Crippen molar-refractivity contribution in [1.82, 2.24) is 0 Å². The molecule has 0 aromatic heterocycles. The molecule has 122 valence electrons. The van der Waals surface area contributed by atoms with Crippen molar-refractivity contribution in [3.63, 3.8) is 0 Å². The van der Waals surface area contributed by atoms with E-state index in [1.54, 1.807) is 49.4 Å². The van der Waals surface area contributed by atoms with Crippen LogP contribution in [0.5, 0.6) is 0 Å². The van der Waals surface area contributed by atoms with Gasteiger partial charge in [0.2, 0.25) is 0 Å². The fraction of sp³-hybridized carbons (Fsp3) is 0.211.